The Hall–Kier alpha value is -3.12. The molecule has 0 aliphatic rings. The Bertz CT molecular complexity index is 1210. The number of rotatable bonds is 5. The number of imidazole rings is 1. The number of aromatic nitrogens is 3. The van der Waals surface area contributed by atoms with Gasteiger partial charge in [-0.05, 0) is 30.3 Å². The van der Waals surface area contributed by atoms with Crippen LogP contribution in [0.4, 0.5) is 0 Å². The van der Waals surface area contributed by atoms with Gasteiger partial charge in [0.2, 0.25) is 5.56 Å². The van der Waals surface area contributed by atoms with E-state index in [2.05, 4.69) is 36.7 Å². The molecule has 0 amide bonds. The Morgan fingerprint density at radius 1 is 1.11 bits per heavy atom. The Balaban J connectivity index is 1.98. The molecule has 6 heteroatoms. The van der Waals surface area contributed by atoms with Gasteiger partial charge in [-0.1, -0.05) is 6.07 Å². The van der Waals surface area contributed by atoms with Crippen LogP contribution in [0, 0.1) is 0 Å². The summed E-state index contributed by atoms with van der Waals surface area (Å²) in [7, 11) is 8.18. The van der Waals surface area contributed by atoms with Crippen LogP contribution in [0.1, 0.15) is 5.69 Å². The van der Waals surface area contributed by atoms with Gasteiger partial charge >= 0.3 is 0 Å². The van der Waals surface area contributed by atoms with Crippen LogP contribution in [0.3, 0.4) is 0 Å². The van der Waals surface area contributed by atoms with E-state index in [1.165, 1.54) is 5.69 Å². The molecule has 0 spiro atoms. The minimum absolute atomic E-state index is 0.150. The van der Waals surface area contributed by atoms with Crippen molar-refractivity contribution in [2.45, 2.75) is 6.42 Å². The van der Waals surface area contributed by atoms with Gasteiger partial charge in [-0.2, -0.15) is 0 Å². The van der Waals surface area contributed by atoms with Crippen molar-refractivity contribution < 1.29 is 9.22 Å². The normalized spacial score (nSPS) is 12.0. The summed E-state index contributed by atoms with van der Waals surface area (Å²) in [5.74, 6) is 0.646. The topological polar surface area (TPSA) is 59.4 Å². The monoisotopic (exact) mass is 377 g/mol. The van der Waals surface area contributed by atoms with Crippen molar-refractivity contribution in [3.05, 3.63) is 64.7 Å². The Kier molecular flexibility index (Phi) is 4.43. The van der Waals surface area contributed by atoms with Crippen molar-refractivity contribution in [3.63, 3.8) is 0 Å². The average molecular weight is 377 g/mol. The largest absolute Gasteiger partial charge is 0.495 e. The highest BCUT2D eigenvalue weighted by atomic mass is 16.5. The highest BCUT2D eigenvalue weighted by Crippen LogP contribution is 2.34. The van der Waals surface area contributed by atoms with E-state index in [0.29, 0.717) is 11.3 Å². The SMILES string of the molecule is COc1ccc(-c2nc3ccccn3c2CC[N+](C)(C)C)c2ccc(=O)[nH]c12. The number of hydrogen-bond donors (Lipinski definition) is 1. The maximum Gasteiger partial charge on any atom is 0.248 e. The smallest absolute Gasteiger partial charge is 0.248 e. The summed E-state index contributed by atoms with van der Waals surface area (Å²) in [5.41, 5.74) is 4.57. The number of H-pyrrole nitrogens is 1. The van der Waals surface area contributed by atoms with Crippen molar-refractivity contribution >= 4 is 16.6 Å². The van der Waals surface area contributed by atoms with E-state index >= 15 is 0 Å². The molecule has 0 bridgehead atoms. The number of nitrogens with zero attached hydrogens (tertiary/aromatic N) is 3. The summed E-state index contributed by atoms with van der Waals surface area (Å²) in [6.07, 6.45) is 2.95. The van der Waals surface area contributed by atoms with Gasteiger partial charge in [0.05, 0.1) is 51.7 Å². The maximum atomic E-state index is 11.9. The maximum absolute atomic E-state index is 11.9. The second-order valence-electron chi connectivity index (χ2n) is 8.03. The molecule has 0 aliphatic carbocycles. The van der Waals surface area contributed by atoms with E-state index in [1.807, 2.05) is 36.4 Å². The number of aromatic amines is 1. The predicted octanol–water partition coefficient (Wildman–Crippen LogP) is 3.10. The number of ether oxygens (including phenoxy) is 1. The molecule has 0 saturated carbocycles. The Labute approximate surface area is 163 Å². The van der Waals surface area contributed by atoms with Crippen LogP contribution in [0.15, 0.2) is 53.5 Å². The molecule has 0 aliphatic heterocycles. The van der Waals surface area contributed by atoms with Crippen LogP contribution >= 0.6 is 0 Å². The van der Waals surface area contributed by atoms with Crippen molar-refractivity contribution in [3.8, 4) is 17.0 Å². The molecule has 1 aromatic carbocycles. The van der Waals surface area contributed by atoms with Gasteiger partial charge in [0.15, 0.2) is 0 Å². The highest BCUT2D eigenvalue weighted by molar-refractivity contribution is 5.97. The highest BCUT2D eigenvalue weighted by Gasteiger charge is 2.19. The number of likely N-dealkylation sites (N-methyl/N-ethyl adjacent to an activating group) is 1. The first-order valence-corrected chi connectivity index (χ1v) is 9.34. The third-order valence-corrected chi connectivity index (χ3v) is 4.98. The minimum Gasteiger partial charge on any atom is -0.495 e. The van der Waals surface area contributed by atoms with Crippen LogP contribution in [-0.4, -0.2) is 53.6 Å². The zero-order chi connectivity index (χ0) is 19.9. The van der Waals surface area contributed by atoms with E-state index < -0.39 is 0 Å². The standard InChI is InChI=1S/C22H24N4O2/c1-26(2,3)14-12-17-21(23-19-7-5-6-13-25(17)19)15-8-10-18(28-4)22-16(15)9-11-20(27)24-22/h5-11,13H,12,14H2,1-4H3/p+1. The first kappa shape index (κ1) is 18.3. The van der Waals surface area contributed by atoms with Crippen LogP contribution in [0.2, 0.25) is 0 Å². The molecule has 28 heavy (non-hydrogen) atoms. The van der Waals surface area contributed by atoms with Crippen molar-refractivity contribution in [1.82, 2.24) is 14.4 Å². The first-order chi connectivity index (χ1) is 13.4. The van der Waals surface area contributed by atoms with Gasteiger partial charge in [0.1, 0.15) is 11.4 Å². The summed E-state index contributed by atoms with van der Waals surface area (Å²) < 4.78 is 8.49. The number of nitrogens with one attached hydrogen (secondary N) is 1. The quantitative estimate of drug-likeness (QED) is 0.544. The summed E-state index contributed by atoms with van der Waals surface area (Å²) >= 11 is 0. The third-order valence-electron chi connectivity index (χ3n) is 4.98. The lowest BCUT2D eigenvalue weighted by Crippen LogP contribution is -2.36. The van der Waals surface area contributed by atoms with Crippen LogP contribution < -0.4 is 10.3 Å². The molecule has 0 saturated heterocycles. The fraction of sp³-hybridized carbons (Fsp3) is 0.273. The molecule has 0 fully saturated rings. The summed E-state index contributed by atoms with van der Waals surface area (Å²) in [5, 5.41) is 0.925. The molecule has 1 N–H and O–H groups in total. The van der Waals surface area contributed by atoms with Crippen LogP contribution in [0.25, 0.3) is 27.8 Å². The number of hydrogen-bond acceptors (Lipinski definition) is 3. The van der Waals surface area contributed by atoms with Crippen molar-refractivity contribution in [2.24, 2.45) is 0 Å². The number of benzene rings is 1. The lowest BCUT2D eigenvalue weighted by molar-refractivity contribution is -0.870. The second kappa shape index (κ2) is 6.80. The van der Waals surface area contributed by atoms with Crippen molar-refractivity contribution in [2.75, 3.05) is 34.8 Å². The van der Waals surface area contributed by atoms with Crippen LogP contribution in [0.5, 0.6) is 5.75 Å². The summed E-state index contributed by atoms with van der Waals surface area (Å²) in [6.45, 7) is 0.987. The van der Waals surface area contributed by atoms with Crippen molar-refractivity contribution in [1.29, 1.82) is 0 Å². The van der Waals surface area contributed by atoms with Gasteiger partial charge < -0.3 is 18.6 Å². The second-order valence-corrected chi connectivity index (χ2v) is 8.03. The number of methoxy groups -OCH3 is 1. The number of quaternary nitrogens is 1. The molecule has 0 unspecified atom stereocenters. The molecule has 144 valence electrons. The molecule has 0 radical (unpaired) electrons. The fourth-order valence-corrected chi connectivity index (χ4v) is 3.54. The summed E-state index contributed by atoms with van der Waals surface area (Å²) in [6, 6.07) is 13.4. The molecule has 3 heterocycles. The van der Waals surface area contributed by atoms with Gasteiger partial charge in [0, 0.05) is 29.6 Å². The minimum atomic E-state index is -0.150. The van der Waals surface area contributed by atoms with E-state index in [1.54, 1.807) is 13.2 Å². The summed E-state index contributed by atoms with van der Waals surface area (Å²) in [4.78, 5) is 19.7. The van der Waals surface area contributed by atoms with Gasteiger partial charge in [-0.15, -0.1) is 0 Å². The predicted molar refractivity (Wildman–Crippen MR) is 112 cm³/mol. The number of fused-ring (bicyclic) bond motifs is 2. The van der Waals surface area contributed by atoms with E-state index in [9.17, 15) is 4.79 Å². The fourth-order valence-electron chi connectivity index (χ4n) is 3.54. The Morgan fingerprint density at radius 3 is 2.68 bits per heavy atom. The van der Waals surface area contributed by atoms with E-state index in [4.69, 9.17) is 9.72 Å². The Morgan fingerprint density at radius 2 is 1.93 bits per heavy atom. The zero-order valence-corrected chi connectivity index (χ0v) is 16.7. The molecule has 0 atom stereocenters. The lowest BCUT2D eigenvalue weighted by Gasteiger charge is -2.24. The molecule has 3 aromatic heterocycles. The van der Waals surface area contributed by atoms with Crippen LogP contribution in [-0.2, 0) is 6.42 Å². The number of pyridine rings is 2. The average Bonchev–Trinajstić information content (AvgIpc) is 3.03. The molecular weight excluding hydrogens is 352 g/mol. The van der Waals surface area contributed by atoms with Gasteiger partial charge in [0.25, 0.3) is 0 Å². The van der Waals surface area contributed by atoms with Gasteiger partial charge in [-0.3, -0.25) is 4.79 Å². The molecular formula is C22H25N4O2+. The zero-order valence-electron chi connectivity index (χ0n) is 16.7. The molecule has 4 aromatic rings. The third kappa shape index (κ3) is 3.27. The first-order valence-electron chi connectivity index (χ1n) is 9.34. The van der Waals surface area contributed by atoms with Gasteiger partial charge in [-0.25, -0.2) is 4.98 Å². The van der Waals surface area contributed by atoms with E-state index in [0.717, 1.165) is 39.7 Å². The van der Waals surface area contributed by atoms with E-state index in [-0.39, 0.29) is 5.56 Å². The molecule has 4 rings (SSSR count). The molecule has 6 nitrogen and oxygen atoms in total. The lowest BCUT2D eigenvalue weighted by atomic mass is 10.0.